The number of aldehydes is 1. The Labute approximate surface area is 130 Å². The minimum absolute atomic E-state index is 0.0489. The summed E-state index contributed by atoms with van der Waals surface area (Å²) in [5.74, 6) is 1.34. The van der Waals surface area contributed by atoms with Gasteiger partial charge in [0, 0.05) is 13.0 Å². The first kappa shape index (κ1) is 17.8. The molecule has 0 heterocycles. The van der Waals surface area contributed by atoms with Crippen molar-refractivity contribution in [1.82, 2.24) is 5.32 Å². The molecule has 0 aromatic heterocycles. The highest BCUT2D eigenvalue weighted by Gasteiger charge is 2.15. The van der Waals surface area contributed by atoms with Crippen molar-refractivity contribution < 1.29 is 23.8 Å². The van der Waals surface area contributed by atoms with E-state index in [4.69, 9.17) is 14.2 Å². The second-order valence-electron chi connectivity index (χ2n) is 4.59. The van der Waals surface area contributed by atoms with Gasteiger partial charge in [0.05, 0.1) is 20.8 Å². The lowest BCUT2D eigenvalue weighted by molar-refractivity contribution is -0.121. The third kappa shape index (κ3) is 4.95. The smallest absolute Gasteiger partial charge is 0.219 e. The highest BCUT2D eigenvalue weighted by molar-refractivity contribution is 5.85. The zero-order valence-electron chi connectivity index (χ0n) is 13.3. The number of hydrogen-bond donors (Lipinski definition) is 1. The van der Waals surface area contributed by atoms with E-state index in [0.29, 0.717) is 48.7 Å². The lowest BCUT2D eigenvalue weighted by Crippen LogP contribution is -2.22. The SMILES string of the molecule is CCNC(=O)CCCCOc1ccc(OC)c(C=O)c1OC. The maximum atomic E-state index is 11.3. The third-order valence-corrected chi connectivity index (χ3v) is 3.09. The molecule has 1 aromatic carbocycles. The zero-order valence-corrected chi connectivity index (χ0v) is 13.3. The molecule has 1 rings (SSSR count). The Kier molecular flexibility index (Phi) is 7.81. The molecule has 0 atom stereocenters. The van der Waals surface area contributed by atoms with Crippen molar-refractivity contribution in [3.63, 3.8) is 0 Å². The molecule has 122 valence electrons. The van der Waals surface area contributed by atoms with Gasteiger partial charge in [0.2, 0.25) is 5.91 Å². The first-order valence-electron chi connectivity index (χ1n) is 7.27. The number of ether oxygens (including phenoxy) is 3. The molecule has 6 heteroatoms. The molecule has 0 bridgehead atoms. The fourth-order valence-electron chi connectivity index (χ4n) is 2.03. The van der Waals surface area contributed by atoms with Gasteiger partial charge in [0.15, 0.2) is 17.8 Å². The van der Waals surface area contributed by atoms with Crippen LogP contribution in [0.5, 0.6) is 17.2 Å². The molecule has 0 saturated heterocycles. The van der Waals surface area contributed by atoms with Crippen LogP contribution in [0, 0.1) is 0 Å². The number of benzene rings is 1. The van der Waals surface area contributed by atoms with Gasteiger partial charge in [-0.15, -0.1) is 0 Å². The van der Waals surface area contributed by atoms with Gasteiger partial charge in [-0.2, -0.15) is 0 Å². The largest absolute Gasteiger partial charge is 0.496 e. The topological polar surface area (TPSA) is 73.9 Å². The zero-order chi connectivity index (χ0) is 16.4. The Bertz CT molecular complexity index is 502. The minimum atomic E-state index is 0.0489. The summed E-state index contributed by atoms with van der Waals surface area (Å²) in [7, 11) is 2.97. The average Bonchev–Trinajstić information content (AvgIpc) is 2.53. The molecule has 0 saturated carbocycles. The summed E-state index contributed by atoms with van der Waals surface area (Å²) in [5, 5.41) is 2.75. The van der Waals surface area contributed by atoms with Crippen LogP contribution in [-0.2, 0) is 4.79 Å². The van der Waals surface area contributed by atoms with E-state index in [1.54, 1.807) is 12.1 Å². The van der Waals surface area contributed by atoms with Gasteiger partial charge in [-0.3, -0.25) is 9.59 Å². The number of rotatable bonds is 10. The number of hydrogen-bond acceptors (Lipinski definition) is 5. The first-order chi connectivity index (χ1) is 10.7. The van der Waals surface area contributed by atoms with Gasteiger partial charge in [-0.05, 0) is 31.9 Å². The van der Waals surface area contributed by atoms with Gasteiger partial charge in [-0.1, -0.05) is 0 Å². The Balaban J connectivity index is 2.56. The molecule has 22 heavy (non-hydrogen) atoms. The van der Waals surface area contributed by atoms with Gasteiger partial charge in [0.25, 0.3) is 0 Å². The minimum Gasteiger partial charge on any atom is -0.496 e. The predicted octanol–water partition coefficient (Wildman–Crippen LogP) is 2.20. The Morgan fingerprint density at radius 2 is 1.91 bits per heavy atom. The molecule has 1 N–H and O–H groups in total. The van der Waals surface area contributed by atoms with E-state index in [9.17, 15) is 9.59 Å². The lowest BCUT2D eigenvalue weighted by Gasteiger charge is -2.14. The standard InChI is InChI=1S/C16H23NO5/c1-4-17-15(19)7-5-6-10-22-14-9-8-13(20-2)12(11-18)16(14)21-3/h8-9,11H,4-7,10H2,1-3H3,(H,17,19). The van der Waals surface area contributed by atoms with Gasteiger partial charge >= 0.3 is 0 Å². The summed E-state index contributed by atoms with van der Waals surface area (Å²) in [6.07, 6.45) is 2.64. The first-order valence-corrected chi connectivity index (χ1v) is 7.27. The van der Waals surface area contributed by atoms with Crippen molar-refractivity contribution in [3.05, 3.63) is 17.7 Å². The van der Waals surface area contributed by atoms with Crippen LogP contribution in [0.3, 0.4) is 0 Å². The van der Waals surface area contributed by atoms with Crippen molar-refractivity contribution in [2.45, 2.75) is 26.2 Å². The van der Waals surface area contributed by atoms with Crippen LogP contribution >= 0.6 is 0 Å². The molecule has 0 aliphatic carbocycles. The number of methoxy groups -OCH3 is 2. The Hall–Kier alpha value is -2.24. The quantitative estimate of drug-likeness (QED) is 0.530. The fraction of sp³-hybridized carbons (Fsp3) is 0.500. The van der Waals surface area contributed by atoms with Crippen LogP contribution < -0.4 is 19.5 Å². The molecule has 0 radical (unpaired) electrons. The predicted molar refractivity (Wildman–Crippen MR) is 83.0 cm³/mol. The summed E-state index contributed by atoms with van der Waals surface area (Å²) < 4.78 is 16.0. The maximum Gasteiger partial charge on any atom is 0.219 e. The molecule has 1 amide bonds. The van der Waals surface area contributed by atoms with Crippen LogP contribution in [0.1, 0.15) is 36.5 Å². The van der Waals surface area contributed by atoms with Crippen LogP contribution in [0.25, 0.3) is 0 Å². The summed E-state index contributed by atoms with van der Waals surface area (Å²) in [6, 6.07) is 3.37. The summed E-state index contributed by atoms with van der Waals surface area (Å²) in [6.45, 7) is 2.98. The molecule has 0 fully saturated rings. The van der Waals surface area contributed by atoms with Crippen molar-refractivity contribution >= 4 is 12.2 Å². The normalized spacial score (nSPS) is 9.95. The number of carbonyl (C=O) groups is 2. The Morgan fingerprint density at radius 1 is 1.18 bits per heavy atom. The van der Waals surface area contributed by atoms with Crippen molar-refractivity contribution in [3.8, 4) is 17.2 Å². The highest BCUT2D eigenvalue weighted by Crippen LogP contribution is 2.36. The second-order valence-corrected chi connectivity index (χ2v) is 4.59. The van der Waals surface area contributed by atoms with E-state index in [1.807, 2.05) is 6.92 Å². The number of amides is 1. The lowest BCUT2D eigenvalue weighted by atomic mass is 10.1. The summed E-state index contributed by atoms with van der Waals surface area (Å²) in [4.78, 5) is 22.5. The molecular weight excluding hydrogens is 286 g/mol. The second kappa shape index (κ2) is 9.65. The Morgan fingerprint density at radius 3 is 2.50 bits per heavy atom. The van der Waals surface area contributed by atoms with E-state index in [1.165, 1.54) is 14.2 Å². The van der Waals surface area contributed by atoms with Gasteiger partial charge in [-0.25, -0.2) is 0 Å². The van der Waals surface area contributed by atoms with Crippen LogP contribution in [0.15, 0.2) is 12.1 Å². The molecule has 0 spiro atoms. The molecule has 6 nitrogen and oxygen atoms in total. The molecule has 0 unspecified atom stereocenters. The van der Waals surface area contributed by atoms with Crippen LogP contribution in [-0.4, -0.2) is 39.6 Å². The number of unbranched alkanes of at least 4 members (excludes halogenated alkanes) is 1. The monoisotopic (exact) mass is 309 g/mol. The molecule has 1 aromatic rings. The van der Waals surface area contributed by atoms with E-state index in [2.05, 4.69) is 5.32 Å². The van der Waals surface area contributed by atoms with E-state index >= 15 is 0 Å². The number of carbonyl (C=O) groups excluding carboxylic acids is 2. The van der Waals surface area contributed by atoms with Crippen molar-refractivity contribution in [2.24, 2.45) is 0 Å². The summed E-state index contributed by atoms with van der Waals surface area (Å²) in [5.41, 5.74) is 0.324. The van der Waals surface area contributed by atoms with Crippen molar-refractivity contribution in [1.29, 1.82) is 0 Å². The van der Waals surface area contributed by atoms with Crippen LogP contribution in [0.2, 0.25) is 0 Å². The third-order valence-electron chi connectivity index (χ3n) is 3.09. The number of nitrogens with one attached hydrogen (secondary N) is 1. The molecule has 0 aliphatic heterocycles. The maximum absolute atomic E-state index is 11.3. The summed E-state index contributed by atoms with van der Waals surface area (Å²) >= 11 is 0. The van der Waals surface area contributed by atoms with E-state index < -0.39 is 0 Å². The fourth-order valence-corrected chi connectivity index (χ4v) is 2.03. The van der Waals surface area contributed by atoms with E-state index in [-0.39, 0.29) is 5.91 Å². The molecule has 0 aliphatic rings. The van der Waals surface area contributed by atoms with E-state index in [0.717, 1.165) is 12.8 Å². The van der Waals surface area contributed by atoms with Gasteiger partial charge in [0.1, 0.15) is 11.3 Å². The van der Waals surface area contributed by atoms with Crippen LogP contribution in [0.4, 0.5) is 0 Å². The highest BCUT2D eigenvalue weighted by atomic mass is 16.5. The van der Waals surface area contributed by atoms with Gasteiger partial charge < -0.3 is 19.5 Å². The molecular formula is C16H23NO5. The average molecular weight is 309 g/mol. The van der Waals surface area contributed by atoms with Crippen molar-refractivity contribution in [2.75, 3.05) is 27.4 Å².